The first-order valence-corrected chi connectivity index (χ1v) is 10.8. The summed E-state index contributed by atoms with van der Waals surface area (Å²) in [6.45, 7) is 0.629. The number of carbonyl (C=O) groups is 2. The molecule has 0 aliphatic carbocycles. The molecule has 0 bridgehead atoms. The second-order valence-electron chi connectivity index (χ2n) is 8.05. The van der Waals surface area contributed by atoms with E-state index in [4.69, 9.17) is 33.2 Å². The fourth-order valence-corrected chi connectivity index (χ4v) is 5.01. The minimum Gasteiger partial charge on any atom is -0.493 e. The molecule has 3 aliphatic rings. The quantitative estimate of drug-likeness (QED) is 0.584. The Hall–Kier alpha value is -3.66. The van der Waals surface area contributed by atoms with E-state index in [1.807, 2.05) is 11.0 Å². The summed E-state index contributed by atoms with van der Waals surface area (Å²) >= 11 is 0. The number of methoxy groups -OCH3 is 4. The Balaban J connectivity index is 1.70. The zero-order chi connectivity index (χ0) is 24.0. The van der Waals surface area contributed by atoms with E-state index in [0.29, 0.717) is 52.8 Å². The number of carbonyl (C=O) groups excluding carboxylic acids is 2. The van der Waals surface area contributed by atoms with Crippen LogP contribution >= 0.6 is 0 Å². The Morgan fingerprint density at radius 1 is 1.09 bits per heavy atom. The highest BCUT2D eigenvalue weighted by atomic mass is 16.7. The molecule has 2 aromatic rings. The molecule has 0 N–H and O–H groups in total. The summed E-state index contributed by atoms with van der Waals surface area (Å²) in [5, 5.41) is 0. The van der Waals surface area contributed by atoms with Gasteiger partial charge in [0.25, 0.3) is 0 Å². The zero-order valence-electron chi connectivity index (χ0n) is 19.3. The molecule has 10 heteroatoms. The van der Waals surface area contributed by atoms with E-state index >= 15 is 0 Å². The molecule has 0 saturated heterocycles. The van der Waals surface area contributed by atoms with Crippen molar-refractivity contribution in [1.29, 1.82) is 0 Å². The Morgan fingerprint density at radius 2 is 1.88 bits per heavy atom. The molecule has 180 valence electrons. The lowest BCUT2D eigenvalue weighted by molar-refractivity contribution is -0.143. The molecule has 0 spiro atoms. The van der Waals surface area contributed by atoms with E-state index in [-0.39, 0.29) is 13.3 Å². The maximum atomic E-state index is 13.1. The number of esters is 2. The Labute approximate surface area is 196 Å². The largest absolute Gasteiger partial charge is 0.493 e. The summed E-state index contributed by atoms with van der Waals surface area (Å²) in [5.41, 5.74) is 2.69. The summed E-state index contributed by atoms with van der Waals surface area (Å²) in [6, 6.07) is 4.90. The molecule has 2 atom stereocenters. The average Bonchev–Trinajstić information content (AvgIpc) is 3.45. The van der Waals surface area contributed by atoms with Gasteiger partial charge in [-0.2, -0.15) is 0 Å². The SMILES string of the molecule is COC(=O)CN1CCc2cc3c(c(OC)c2[C@@H]1[C@H]1OC(=O)c2c1ccc(OC)c2OC)OCO3. The van der Waals surface area contributed by atoms with Crippen molar-refractivity contribution < 1.29 is 42.7 Å². The molecule has 0 radical (unpaired) electrons. The van der Waals surface area contributed by atoms with Crippen LogP contribution in [0, 0.1) is 0 Å². The van der Waals surface area contributed by atoms with Crippen molar-refractivity contribution in [2.75, 3.05) is 48.3 Å². The highest BCUT2D eigenvalue weighted by molar-refractivity contribution is 5.98. The molecule has 3 aliphatic heterocycles. The summed E-state index contributed by atoms with van der Waals surface area (Å²) < 4.78 is 38.8. The van der Waals surface area contributed by atoms with Gasteiger partial charge in [0.2, 0.25) is 12.5 Å². The molecule has 34 heavy (non-hydrogen) atoms. The van der Waals surface area contributed by atoms with Crippen molar-refractivity contribution in [2.24, 2.45) is 0 Å². The first-order valence-electron chi connectivity index (χ1n) is 10.8. The molecular weight excluding hydrogens is 446 g/mol. The molecule has 3 heterocycles. The van der Waals surface area contributed by atoms with Crippen molar-refractivity contribution in [3.05, 3.63) is 40.5 Å². The third kappa shape index (κ3) is 3.28. The van der Waals surface area contributed by atoms with E-state index in [9.17, 15) is 9.59 Å². The van der Waals surface area contributed by atoms with Gasteiger partial charge in [-0.25, -0.2) is 4.79 Å². The Morgan fingerprint density at radius 3 is 2.59 bits per heavy atom. The van der Waals surface area contributed by atoms with Crippen LogP contribution in [-0.2, 0) is 20.7 Å². The standard InChI is InChI=1S/C24H25NO9/c1-28-14-6-5-13-18(21(14)30-3)24(27)34-20(13)19-17-12(7-8-25(19)10-16(26)29-2)9-15-22(23(17)31-4)33-11-32-15/h5-6,9,19-20H,7-8,10-11H2,1-4H3/t19-,20+/m1/s1. The van der Waals surface area contributed by atoms with Crippen LogP contribution in [0.1, 0.15) is 39.2 Å². The number of benzene rings is 2. The molecule has 0 saturated carbocycles. The van der Waals surface area contributed by atoms with E-state index in [1.165, 1.54) is 21.3 Å². The topological polar surface area (TPSA) is 102 Å². The monoisotopic (exact) mass is 471 g/mol. The first kappa shape index (κ1) is 22.1. The minimum absolute atomic E-state index is 0.00881. The van der Waals surface area contributed by atoms with Crippen molar-refractivity contribution in [3.63, 3.8) is 0 Å². The summed E-state index contributed by atoms with van der Waals surface area (Å²) in [4.78, 5) is 27.3. The summed E-state index contributed by atoms with van der Waals surface area (Å²) in [7, 11) is 5.87. The van der Waals surface area contributed by atoms with Gasteiger partial charge in [0.05, 0.1) is 41.0 Å². The van der Waals surface area contributed by atoms with Gasteiger partial charge < -0.3 is 33.2 Å². The lowest BCUT2D eigenvalue weighted by atomic mass is 9.85. The predicted molar refractivity (Wildman–Crippen MR) is 117 cm³/mol. The van der Waals surface area contributed by atoms with Crippen LogP contribution in [0.4, 0.5) is 0 Å². The second kappa shape index (κ2) is 8.60. The zero-order valence-corrected chi connectivity index (χ0v) is 19.3. The number of cyclic esters (lactones) is 1. The number of nitrogens with zero attached hydrogens (tertiary/aromatic N) is 1. The van der Waals surface area contributed by atoms with Crippen molar-refractivity contribution in [1.82, 2.24) is 4.90 Å². The van der Waals surface area contributed by atoms with E-state index in [2.05, 4.69) is 0 Å². The van der Waals surface area contributed by atoms with Crippen LogP contribution in [0.25, 0.3) is 0 Å². The maximum Gasteiger partial charge on any atom is 0.343 e. The lowest BCUT2D eigenvalue weighted by Gasteiger charge is -2.40. The van der Waals surface area contributed by atoms with Gasteiger partial charge in [0.15, 0.2) is 23.0 Å². The van der Waals surface area contributed by atoms with Crippen molar-refractivity contribution in [3.8, 4) is 28.7 Å². The number of hydrogen-bond acceptors (Lipinski definition) is 10. The third-order valence-corrected chi connectivity index (χ3v) is 6.47. The van der Waals surface area contributed by atoms with Crippen LogP contribution in [0.2, 0.25) is 0 Å². The molecule has 2 aromatic carbocycles. The van der Waals surface area contributed by atoms with Crippen LogP contribution in [-0.4, -0.2) is 65.2 Å². The van der Waals surface area contributed by atoms with E-state index in [1.54, 1.807) is 19.2 Å². The smallest absolute Gasteiger partial charge is 0.343 e. The predicted octanol–water partition coefficient (Wildman–Crippen LogP) is 2.43. The van der Waals surface area contributed by atoms with Gasteiger partial charge in [0, 0.05) is 17.7 Å². The van der Waals surface area contributed by atoms with Crippen LogP contribution in [0.15, 0.2) is 18.2 Å². The highest BCUT2D eigenvalue weighted by Crippen LogP contribution is 2.55. The van der Waals surface area contributed by atoms with Crippen molar-refractivity contribution in [2.45, 2.75) is 18.6 Å². The molecule has 0 aromatic heterocycles. The maximum absolute atomic E-state index is 13.1. The van der Waals surface area contributed by atoms with Gasteiger partial charge >= 0.3 is 11.9 Å². The van der Waals surface area contributed by atoms with E-state index < -0.39 is 24.1 Å². The number of rotatable bonds is 6. The van der Waals surface area contributed by atoms with Gasteiger partial charge in [-0.15, -0.1) is 0 Å². The summed E-state index contributed by atoms with van der Waals surface area (Å²) in [5.74, 6) is 1.39. The Kier molecular flexibility index (Phi) is 5.60. The molecule has 0 unspecified atom stereocenters. The highest BCUT2D eigenvalue weighted by Gasteiger charge is 2.47. The van der Waals surface area contributed by atoms with Crippen LogP contribution in [0.5, 0.6) is 28.7 Å². The van der Waals surface area contributed by atoms with Gasteiger partial charge in [0.1, 0.15) is 11.7 Å². The minimum atomic E-state index is -0.736. The summed E-state index contributed by atoms with van der Waals surface area (Å²) in [6.07, 6.45) is -0.102. The van der Waals surface area contributed by atoms with Gasteiger partial charge in [-0.3, -0.25) is 9.69 Å². The van der Waals surface area contributed by atoms with E-state index in [0.717, 1.165) is 11.1 Å². The second-order valence-corrected chi connectivity index (χ2v) is 8.05. The van der Waals surface area contributed by atoms with Crippen LogP contribution in [0.3, 0.4) is 0 Å². The third-order valence-electron chi connectivity index (χ3n) is 6.47. The fraction of sp³-hybridized carbons (Fsp3) is 0.417. The average molecular weight is 471 g/mol. The number of fused-ring (bicyclic) bond motifs is 3. The molecule has 10 nitrogen and oxygen atoms in total. The molecule has 5 rings (SSSR count). The van der Waals surface area contributed by atoms with Crippen molar-refractivity contribution >= 4 is 11.9 Å². The lowest BCUT2D eigenvalue weighted by Crippen LogP contribution is -2.42. The van der Waals surface area contributed by atoms with Gasteiger partial charge in [-0.05, 0) is 24.1 Å². The molecular formula is C24H25NO9. The van der Waals surface area contributed by atoms with Crippen LogP contribution < -0.4 is 23.7 Å². The molecule has 0 amide bonds. The normalized spacial score (nSPS) is 20.3. The first-order chi connectivity index (χ1) is 16.5. The van der Waals surface area contributed by atoms with Gasteiger partial charge in [-0.1, -0.05) is 6.07 Å². The number of hydrogen-bond donors (Lipinski definition) is 0. The Bertz CT molecular complexity index is 1160. The number of ether oxygens (including phenoxy) is 7. The molecule has 0 fully saturated rings. The fourth-order valence-electron chi connectivity index (χ4n) is 5.01.